The number of methoxy groups -OCH3 is 1. The third-order valence-electron chi connectivity index (χ3n) is 3.65. The fourth-order valence-corrected chi connectivity index (χ4v) is 2.48. The Hall–Kier alpha value is -1.52. The molecule has 1 aliphatic carbocycles. The maximum Gasteiger partial charge on any atom is 0.360 e. The monoisotopic (exact) mass is 237 g/mol. The maximum absolute atomic E-state index is 11.6. The summed E-state index contributed by atoms with van der Waals surface area (Å²) in [6, 6.07) is 0. The molecule has 1 aromatic heterocycles. The predicted molar refractivity (Wildman–Crippen MR) is 64.9 cm³/mol. The first-order valence-corrected chi connectivity index (χ1v) is 5.99. The number of hydrogen-bond acceptors (Lipinski definition) is 4. The van der Waals surface area contributed by atoms with Gasteiger partial charge in [0, 0.05) is 12.0 Å². The Labute approximate surface area is 101 Å². The first kappa shape index (κ1) is 12.0. The zero-order chi connectivity index (χ0) is 12.6. The van der Waals surface area contributed by atoms with E-state index in [0.717, 1.165) is 25.1 Å². The SMILES string of the molecule is CCc1nc(C(=O)OC)c(N)n1C1(C)CCC1. The van der Waals surface area contributed by atoms with Crippen LogP contribution in [0.4, 0.5) is 5.82 Å². The van der Waals surface area contributed by atoms with Gasteiger partial charge in [-0.1, -0.05) is 6.92 Å². The number of anilines is 1. The number of nitrogen functional groups attached to an aromatic ring is 1. The molecule has 1 aliphatic rings. The number of hydrogen-bond donors (Lipinski definition) is 1. The minimum absolute atomic E-state index is 0.0225. The van der Waals surface area contributed by atoms with Crippen molar-refractivity contribution in [3.05, 3.63) is 11.5 Å². The second kappa shape index (κ2) is 4.05. The van der Waals surface area contributed by atoms with Gasteiger partial charge in [-0.2, -0.15) is 0 Å². The number of ether oxygens (including phenoxy) is 1. The predicted octanol–water partition coefficient (Wildman–Crippen LogP) is 1.71. The van der Waals surface area contributed by atoms with Gasteiger partial charge >= 0.3 is 5.97 Å². The van der Waals surface area contributed by atoms with Crippen LogP contribution in [0.25, 0.3) is 0 Å². The fraction of sp³-hybridized carbons (Fsp3) is 0.667. The number of carbonyl (C=O) groups is 1. The summed E-state index contributed by atoms with van der Waals surface area (Å²) in [6.45, 7) is 4.18. The van der Waals surface area contributed by atoms with E-state index >= 15 is 0 Å². The van der Waals surface area contributed by atoms with Crippen molar-refractivity contribution in [3.63, 3.8) is 0 Å². The van der Waals surface area contributed by atoms with E-state index in [1.54, 1.807) is 0 Å². The molecule has 5 nitrogen and oxygen atoms in total. The zero-order valence-corrected chi connectivity index (χ0v) is 10.6. The van der Waals surface area contributed by atoms with Crippen LogP contribution in [0.1, 0.15) is 49.4 Å². The first-order chi connectivity index (χ1) is 8.03. The highest BCUT2D eigenvalue weighted by molar-refractivity contribution is 5.92. The number of aryl methyl sites for hydroxylation is 1. The first-order valence-electron chi connectivity index (χ1n) is 5.99. The topological polar surface area (TPSA) is 70.1 Å². The summed E-state index contributed by atoms with van der Waals surface area (Å²) in [5.74, 6) is 0.847. The Balaban J connectivity index is 2.50. The molecule has 1 aromatic rings. The van der Waals surface area contributed by atoms with Gasteiger partial charge in [0.1, 0.15) is 11.6 Å². The molecule has 0 spiro atoms. The lowest BCUT2D eigenvalue weighted by atomic mass is 9.78. The second-order valence-corrected chi connectivity index (χ2v) is 4.79. The average Bonchev–Trinajstić information content (AvgIpc) is 2.62. The summed E-state index contributed by atoms with van der Waals surface area (Å²) in [4.78, 5) is 15.9. The summed E-state index contributed by atoms with van der Waals surface area (Å²) < 4.78 is 6.72. The van der Waals surface area contributed by atoms with E-state index in [0.29, 0.717) is 5.82 Å². The van der Waals surface area contributed by atoms with Crippen LogP contribution in [0, 0.1) is 0 Å². The molecule has 0 aliphatic heterocycles. The summed E-state index contributed by atoms with van der Waals surface area (Å²) >= 11 is 0. The van der Waals surface area contributed by atoms with Crippen molar-refractivity contribution in [2.75, 3.05) is 12.8 Å². The molecule has 94 valence electrons. The number of nitrogens with zero attached hydrogens (tertiary/aromatic N) is 2. The van der Waals surface area contributed by atoms with Gasteiger partial charge in [0.15, 0.2) is 5.69 Å². The van der Waals surface area contributed by atoms with Crippen LogP contribution in [0.5, 0.6) is 0 Å². The van der Waals surface area contributed by atoms with E-state index < -0.39 is 5.97 Å². The van der Waals surface area contributed by atoms with E-state index in [9.17, 15) is 4.79 Å². The van der Waals surface area contributed by atoms with Crippen molar-refractivity contribution in [2.24, 2.45) is 0 Å². The Bertz CT molecular complexity index is 447. The van der Waals surface area contributed by atoms with Crippen LogP contribution < -0.4 is 5.73 Å². The molecule has 5 heteroatoms. The molecule has 0 atom stereocenters. The number of nitrogens with two attached hydrogens (primary N) is 1. The van der Waals surface area contributed by atoms with Crippen molar-refractivity contribution < 1.29 is 9.53 Å². The van der Waals surface area contributed by atoms with Gasteiger partial charge in [-0.3, -0.25) is 0 Å². The van der Waals surface area contributed by atoms with Crippen molar-refractivity contribution in [1.82, 2.24) is 9.55 Å². The summed E-state index contributed by atoms with van der Waals surface area (Å²) in [5.41, 5.74) is 6.32. The van der Waals surface area contributed by atoms with Gasteiger partial charge in [-0.25, -0.2) is 9.78 Å². The number of carbonyl (C=O) groups excluding carboxylic acids is 1. The van der Waals surface area contributed by atoms with E-state index in [4.69, 9.17) is 10.5 Å². The summed E-state index contributed by atoms with van der Waals surface area (Å²) in [5, 5.41) is 0. The lowest BCUT2D eigenvalue weighted by molar-refractivity contribution is 0.0595. The summed E-state index contributed by atoms with van der Waals surface area (Å²) in [6.07, 6.45) is 4.13. The van der Waals surface area contributed by atoms with Gasteiger partial charge in [-0.15, -0.1) is 0 Å². The van der Waals surface area contributed by atoms with Crippen LogP contribution in [0.15, 0.2) is 0 Å². The second-order valence-electron chi connectivity index (χ2n) is 4.79. The molecule has 0 unspecified atom stereocenters. The van der Waals surface area contributed by atoms with E-state index in [1.165, 1.54) is 13.5 Å². The number of esters is 1. The molecule has 2 N–H and O–H groups in total. The molecule has 0 aromatic carbocycles. The molecule has 2 rings (SSSR count). The quantitative estimate of drug-likeness (QED) is 0.812. The minimum atomic E-state index is -0.459. The van der Waals surface area contributed by atoms with Crippen LogP contribution in [-0.4, -0.2) is 22.6 Å². The highest BCUT2D eigenvalue weighted by Gasteiger charge is 2.38. The van der Waals surface area contributed by atoms with E-state index in [-0.39, 0.29) is 11.2 Å². The molecule has 1 saturated carbocycles. The van der Waals surface area contributed by atoms with Crippen molar-refractivity contribution in [1.29, 1.82) is 0 Å². The van der Waals surface area contributed by atoms with Crippen LogP contribution in [-0.2, 0) is 16.7 Å². The van der Waals surface area contributed by atoms with Gasteiger partial charge < -0.3 is 15.0 Å². The number of aromatic nitrogens is 2. The van der Waals surface area contributed by atoms with Crippen LogP contribution in [0.2, 0.25) is 0 Å². The Morgan fingerprint density at radius 2 is 2.24 bits per heavy atom. The smallest absolute Gasteiger partial charge is 0.360 e. The largest absolute Gasteiger partial charge is 0.464 e. The highest BCUT2D eigenvalue weighted by Crippen LogP contribution is 2.41. The molecule has 1 heterocycles. The van der Waals surface area contributed by atoms with E-state index in [1.807, 2.05) is 11.5 Å². The molecule has 17 heavy (non-hydrogen) atoms. The zero-order valence-electron chi connectivity index (χ0n) is 10.6. The fourth-order valence-electron chi connectivity index (χ4n) is 2.48. The molecule has 0 bridgehead atoms. The van der Waals surface area contributed by atoms with Gasteiger partial charge in [0.05, 0.1) is 7.11 Å². The van der Waals surface area contributed by atoms with Crippen molar-refractivity contribution in [2.45, 2.75) is 45.1 Å². The maximum atomic E-state index is 11.6. The summed E-state index contributed by atoms with van der Waals surface area (Å²) in [7, 11) is 1.34. The molecule has 0 amide bonds. The third kappa shape index (κ3) is 1.69. The Morgan fingerprint density at radius 3 is 2.65 bits per heavy atom. The molecule has 0 radical (unpaired) electrons. The third-order valence-corrected chi connectivity index (χ3v) is 3.65. The molecule has 1 fully saturated rings. The standard InChI is InChI=1S/C12H19N3O2/c1-4-8-14-9(11(16)17-3)10(13)15(8)12(2)6-5-7-12/h4-7,13H2,1-3H3. The highest BCUT2D eigenvalue weighted by atomic mass is 16.5. The Morgan fingerprint density at radius 1 is 1.59 bits per heavy atom. The molecular weight excluding hydrogens is 218 g/mol. The van der Waals surface area contributed by atoms with Crippen molar-refractivity contribution >= 4 is 11.8 Å². The number of imidazole rings is 1. The van der Waals surface area contributed by atoms with Gasteiger partial charge in [0.2, 0.25) is 0 Å². The number of rotatable bonds is 3. The van der Waals surface area contributed by atoms with Gasteiger partial charge in [0.25, 0.3) is 0 Å². The van der Waals surface area contributed by atoms with Gasteiger partial charge in [-0.05, 0) is 26.2 Å². The van der Waals surface area contributed by atoms with Crippen LogP contribution >= 0.6 is 0 Å². The lowest BCUT2D eigenvalue weighted by Crippen LogP contribution is -2.39. The van der Waals surface area contributed by atoms with Crippen molar-refractivity contribution in [3.8, 4) is 0 Å². The Kier molecular flexibility index (Phi) is 2.85. The molecule has 0 saturated heterocycles. The van der Waals surface area contributed by atoms with Crippen LogP contribution in [0.3, 0.4) is 0 Å². The lowest BCUT2D eigenvalue weighted by Gasteiger charge is -2.41. The van der Waals surface area contributed by atoms with E-state index in [2.05, 4.69) is 11.9 Å². The minimum Gasteiger partial charge on any atom is -0.464 e. The normalized spacial score (nSPS) is 17.6. The average molecular weight is 237 g/mol. The molecular formula is C12H19N3O2.